The van der Waals surface area contributed by atoms with Gasteiger partial charge in [0.25, 0.3) is 0 Å². The number of hydrogen-bond acceptors (Lipinski definition) is 3. The maximum atomic E-state index is 13.2. The first-order valence-electron chi connectivity index (χ1n) is 13.0. The molecule has 0 bridgehead atoms. The number of hydrogen-bond donors (Lipinski definition) is 2. The Morgan fingerprint density at radius 2 is 1.94 bits per heavy atom. The number of aromatic nitrogens is 1. The highest BCUT2D eigenvalue weighted by Gasteiger charge is 2.59. The van der Waals surface area contributed by atoms with Gasteiger partial charge in [-0.15, -0.1) is 0 Å². The van der Waals surface area contributed by atoms with E-state index in [9.17, 15) is 14.3 Å². The average molecular weight is 443 g/mol. The third-order valence-electron chi connectivity index (χ3n) is 10.1. The van der Waals surface area contributed by atoms with Crippen molar-refractivity contribution in [1.29, 1.82) is 0 Å². The van der Waals surface area contributed by atoms with Gasteiger partial charge >= 0.3 is 0 Å². The highest BCUT2D eigenvalue weighted by Crippen LogP contribution is 2.64. The molecule has 32 heavy (non-hydrogen) atoms. The van der Waals surface area contributed by atoms with Crippen LogP contribution in [-0.4, -0.2) is 21.6 Å². The molecule has 5 rings (SSSR count). The Balaban J connectivity index is 1.28. The summed E-state index contributed by atoms with van der Waals surface area (Å²) < 4.78 is 13.2. The molecule has 1 aromatic heterocycles. The molecule has 1 amide bonds. The Labute approximate surface area is 191 Å². The predicted molar refractivity (Wildman–Crippen MR) is 123 cm³/mol. The molecule has 4 aliphatic rings. The van der Waals surface area contributed by atoms with Crippen molar-refractivity contribution in [3.63, 3.8) is 0 Å². The van der Waals surface area contributed by atoms with Crippen molar-refractivity contribution < 1.29 is 14.3 Å². The van der Waals surface area contributed by atoms with Crippen LogP contribution in [0.1, 0.15) is 84.5 Å². The van der Waals surface area contributed by atoms with Gasteiger partial charge in [-0.3, -0.25) is 4.79 Å². The van der Waals surface area contributed by atoms with Gasteiger partial charge in [-0.1, -0.05) is 20.3 Å². The molecule has 4 nitrogen and oxygen atoms in total. The van der Waals surface area contributed by atoms with E-state index in [2.05, 4.69) is 24.1 Å². The number of nitrogens with zero attached hydrogens (tertiary/aromatic N) is 1. The summed E-state index contributed by atoms with van der Waals surface area (Å²) in [4.78, 5) is 17.2. The minimum atomic E-state index is -0.420. The summed E-state index contributed by atoms with van der Waals surface area (Å²) in [5.41, 5.74) is -0.368. The summed E-state index contributed by atoms with van der Waals surface area (Å²) in [6.45, 7) is 4.54. The van der Waals surface area contributed by atoms with E-state index in [1.165, 1.54) is 31.7 Å². The van der Waals surface area contributed by atoms with E-state index in [1.54, 1.807) is 6.07 Å². The molecule has 0 aliphatic heterocycles. The number of aliphatic hydroxyl groups is 1. The molecule has 1 aromatic rings. The maximum absolute atomic E-state index is 13.2. The lowest BCUT2D eigenvalue weighted by Crippen LogP contribution is -2.51. The highest BCUT2D eigenvalue weighted by molar-refractivity contribution is 5.92. The molecule has 4 fully saturated rings. The van der Waals surface area contributed by atoms with Crippen molar-refractivity contribution >= 4 is 11.7 Å². The van der Waals surface area contributed by atoms with Crippen LogP contribution in [0.2, 0.25) is 0 Å². The van der Waals surface area contributed by atoms with Crippen LogP contribution in [0.15, 0.2) is 18.3 Å². The van der Waals surface area contributed by atoms with Crippen molar-refractivity contribution in [3.05, 3.63) is 24.1 Å². The molecule has 0 radical (unpaired) electrons. The van der Waals surface area contributed by atoms with Crippen molar-refractivity contribution in [3.8, 4) is 0 Å². The molecule has 5 heteroatoms. The Kier molecular flexibility index (Phi) is 5.84. The topological polar surface area (TPSA) is 62.2 Å². The Morgan fingerprint density at radius 1 is 1.12 bits per heavy atom. The van der Waals surface area contributed by atoms with Crippen LogP contribution >= 0.6 is 0 Å². The van der Waals surface area contributed by atoms with Gasteiger partial charge in [0.05, 0.1) is 11.8 Å². The molecule has 0 spiro atoms. The number of rotatable bonds is 4. The largest absolute Gasteiger partial charge is 0.390 e. The van der Waals surface area contributed by atoms with E-state index in [1.807, 2.05) is 0 Å². The van der Waals surface area contributed by atoms with Crippen LogP contribution in [0.3, 0.4) is 0 Å². The van der Waals surface area contributed by atoms with Gasteiger partial charge in [-0.2, -0.15) is 0 Å². The molecule has 1 heterocycles. The first-order chi connectivity index (χ1) is 15.3. The van der Waals surface area contributed by atoms with Crippen LogP contribution in [0.4, 0.5) is 10.2 Å². The number of anilines is 1. The number of carbonyl (C=O) groups excluding carboxylic acids is 1. The van der Waals surface area contributed by atoms with Crippen LogP contribution in [0.25, 0.3) is 0 Å². The van der Waals surface area contributed by atoms with Crippen molar-refractivity contribution in [1.82, 2.24) is 4.98 Å². The van der Waals surface area contributed by atoms with Gasteiger partial charge in [0.15, 0.2) is 0 Å². The second-order valence-electron chi connectivity index (χ2n) is 11.7. The quantitative estimate of drug-likeness (QED) is 0.605. The molecule has 4 aliphatic carbocycles. The molecular weight excluding hydrogens is 403 g/mol. The SMILES string of the molecule is CCC[C@@]1(O)CC[C@H]2[C@H](CC[C@@H]3[C@@H]2CC[C@]2(C)[C@@H](C(=O)Nc4ccc(F)cn4)CC[C@@H]32)C1. The highest BCUT2D eigenvalue weighted by atomic mass is 19.1. The van der Waals surface area contributed by atoms with Gasteiger partial charge < -0.3 is 10.4 Å². The summed E-state index contributed by atoms with van der Waals surface area (Å²) in [5.74, 6) is 3.72. The van der Waals surface area contributed by atoms with Gasteiger partial charge in [-0.05, 0) is 111 Å². The van der Waals surface area contributed by atoms with E-state index >= 15 is 0 Å². The number of pyridine rings is 1. The Bertz CT molecular complexity index is 845. The molecule has 2 N–H and O–H groups in total. The third kappa shape index (κ3) is 3.78. The van der Waals surface area contributed by atoms with Gasteiger partial charge in [0, 0.05) is 5.92 Å². The zero-order valence-electron chi connectivity index (χ0n) is 19.7. The van der Waals surface area contributed by atoms with Crippen molar-refractivity contribution in [2.45, 2.75) is 90.1 Å². The Hall–Kier alpha value is -1.49. The van der Waals surface area contributed by atoms with E-state index < -0.39 is 5.60 Å². The smallest absolute Gasteiger partial charge is 0.229 e. The fraction of sp³-hybridized carbons (Fsp3) is 0.778. The number of halogens is 1. The van der Waals surface area contributed by atoms with Gasteiger partial charge in [0.2, 0.25) is 5.91 Å². The standard InChI is InChI=1S/C27H39FN2O2/c1-3-12-27(32)14-11-19-17(15-27)4-6-21-20(19)10-13-26(2)22(21)7-8-23(26)25(31)30-24-9-5-18(28)16-29-24/h5,9,16-17,19-23,32H,3-4,6-8,10-15H2,1-2H3,(H,29,30,31)/t17-,19+,20-,21-,22+,23-,26+,27-/m1/s1. The summed E-state index contributed by atoms with van der Waals surface area (Å²) in [5, 5.41) is 14.0. The minimum absolute atomic E-state index is 0.0130. The number of fused-ring (bicyclic) bond motifs is 5. The number of nitrogens with one attached hydrogen (secondary N) is 1. The second kappa shape index (κ2) is 8.38. The normalized spacial score (nSPS) is 43.1. The summed E-state index contributed by atoms with van der Waals surface area (Å²) in [6.07, 6.45) is 13.3. The molecule has 4 saturated carbocycles. The monoisotopic (exact) mass is 442 g/mol. The minimum Gasteiger partial charge on any atom is -0.390 e. The third-order valence-corrected chi connectivity index (χ3v) is 10.1. The van der Waals surface area contributed by atoms with Gasteiger partial charge in [-0.25, -0.2) is 9.37 Å². The van der Waals surface area contributed by atoms with Crippen LogP contribution in [-0.2, 0) is 4.79 Å². The van der Waals surface area contributed by atoms with Gasteiger partial charge in [0.1, 0.15) is 11.6 Å². The number of amides is 1. The lowest BCUT2D eigenvalue weighted by Gasteiger charge is -2.57. The predicted octanol–water partition coefficient (Wildman–Crippen LogP) is 5.96. The fourth-order valence-corrected chi connectivity index (χ4v) is 8.75. The molecular formula is C27H39FN2O2. The Morgan fingerprint density at radius 3 is 2.69 bits per heavy atom. The van der Waals surface area contributed by atoms with Crippen molar-refractivity contribution in [2.75, 3.05) is 5.32 Å². The van der Waals surface area contributed by atoms with E-state index in [4.69, 9.17) is 0 Å². The molecule has 0 saturated heterocycles. The lowest BCUT2D eigenvalue weighted by molar-refractivity contribution is -0.130. The fourth-order valence-electron chi connectivity index (χ4n) is 8.75. The summed E-state index contributed by atoms with van der Waals surface area (Å²) >= 11 is 0. The van der Waals surface area contributed by atoms with Crippen molar-refractivity contribution in [2.24, 2.45) is 40.9 Å². The maximum Gasteiger partial charge on any atom is 0.229 e. The zero-order chi connectivity index (χ0) is 22.5. The molecule has 8 atom stereocenters. The summed E-state index contributed by atoms with van der Waals surface area (Å²) in [7, 11) is 0. The van der Waals surface area contributed by atoms with E-state index in [0.29, 0.717) is 17.7 Å². The molecule has 0 aromatic carbocycles. The number of carbonyl (C=O) groups is 1. The lowest BCUT2D eigenvalue weighted by atomic mass is 9.49. The second-order valence-corrected chi connectivity index (χ2v) is 11.7. The molecule has 176 valence electrons. The first kappa shape index (κ1) is 22.3. The van der Waals surface area contributed by atoms with Crippen LogP contribution in [0.5, 0.6) is 0 Å². The van der Waals surface area contributed by atoms with E-state index in [-0.39, 0.29) is 23.1 Å². The molecule has 0 unspecified atom stereocenters. The van der Waals surface area contributed by atoms with E-state index in [0.717, 1.165) is 68.9 Å². The zero-order valence-corrected chi connectivity index (χ0v) is 19.7. The van der Waals surface area contributed by atoms with Crippen LogP contribution in [0, 0.1) is 46.7 Å². The first-order valence-corrected chi connectivity index (χ1v) is 13.0. The van der Waals surface area contributed by atoms with Crippen LogP contribution < -0.4 is 5.32 Å². The average Bonchev–Trinajstić information content (AvgIpc) is 3.12. The summed E-state index contributed by atoms with van der Waals surface area (Å²) in [6, 6.07) is 2.89.